The Morgan fingerprint density at radius 2 is 2.00 bits per heavy atom. The van der Waals surface area contributed by atoms with Gasteiger partial charge in [-0.25, -0.2) is 0 Å². The number of rotatable bonds is 2. The van der Waals surface area contributed by atoms with E-state index in [2.05, 4.69) is 10.2 Å². The van der Waals surface area contributed by atoms with E-state index in [4.69, 9.17) is 4.42 Å². The van der Waals surface area contributed by atoms with E-state index in [-0.39, 0.29) is 5.78 Å². The molecule has 2 aromatic heterocycles. The van der Waals surface area contributed by atoms with Crippen LogP contribution in [0.2, 0.25) is 0 Å². The second-order valence-electron chi connectivity index (χ2n) is 5.24. The van der Waals surface area contributed by atoms with Gasteiger partial charge in [-0.05, 0) is 23.8 Å². The van der Waals surface area contributed by atoms with Crippen LogP contribution in [0.25, 0.3) is 27.4 Å². The molecule has 0 aliphatic rings. The molecule has 0 saturated carbocycles. The first-order valence-corrected chi connectivity index (χ1v) is 6.99. The Morgan fingerprint density at radius 3 is 2.73 bits per heavy atom. The number of nitrogens with zero attached hydrogens (tertiary/aromatic N) is 3. The number of carbonyl (C=O) groups is 1. The SMILES string of the molecule is CC(=O)c1oc2ccc3ccccc3c2c1-n1cnnc1C. The number of ketones is 1. The molecule has 0 unspecified atom stereocenters. The molecule has 108 valence electrons. The lowest BCUT2D eigenvalue weighted by molar-refractivity contribution is 0.0989. The van der Waals surface area contributed by atoms with Crippen LogP contribution in [0, 0.1) is 6.92 Å². The van der Waals surface area contributed by atoms with E-state index < -0.39 is 0 Å². The summed E-state index contributed by atoms with van der Waals surface area (Å²) in [4.78, 5) is 12.0. The number of furan rings is 1. The highest BCUT2D eigenvalue weighted by Gasteiger charge is 2.22. The Hall–Kier alpha value is -2.95. The zero-order valence-electron chi connectivity index (χ0n) is 12.2. The van der Waals surface area contributed by atoms with Crippen molar-refractivity contribution >= 4 is 27.5 Å². The molecule has 0 fully saturated rings. The number of Topliss-reactive ketones (excluding diaryl/α,β-unsaturated/α-hetero) is 1. The van der Waals surface area contributed by atoms with Gasteiger partial charge in [0.2, 0.25) is 0 Å². The van der Waals surface area contributed by atoms with Crippen LogP contribution in [0.5, 0.6) is 0 Å². The average molecular weight is 291 g/mol. The van der Waals surface area contributed by atoms with Crippen LogP contribution in [-0.2, 0) is 0 Å². The minimum absolute atomic E-state index is 0.122. The Bertz CT molecular complexity index is 1030. The number of aryl methyl sites for hydroxylation is 1. The predicted octanol–water partition coefficient (Wildman–Crippen LogP) is 3.68. The monoisotopic (exact) mass is 291 g/mol. The summed E-state index contributed by atoms with van der Waals surface area (Å²) in [5.74, 6) is 0.913. The molecule has 0 aliphatic carbocycles. The lowest BCUT2D eigenvalue weighted by Gasteiger charge is -2.05. The minimum Gasteiger partial charge on any atom is -0.451 e. The van der Waals surface area contributed by atoms with Gasteiger partial charge in [0.15, 0.2) is 11.5 Å². The van der Waals surface area contributed by atoms with Crippen LogP contribution in [0.3, 0.4) is 0 Å². The number of fused-ring (bicyclic) bond motifs is 3. The fraction of sp³-hybridized carbons (Fsp3) is 0.118. The first-order valence-electron chi connectivity index (χ1n) is 6.99. The normalized spacial score (nSPS) is 11.4. The summed E-state index contributed by atoms with van der Waals surface area (Å²) in [7, 11) is 0. The number of hydrogen-bond donors (Lipinski definition) is 0. The fourth-order valence-electron chi connectivity index (χ4n) is 2.83. The molecule has 4 aromatic rings. The Labute approximate surface area is 126 Å². The van der Waals surface area contributed by atoms with Gasteiger partial charge in [0, 0.05) is 6.92 Å². The zero-order valence-corrected chi connectivity index (χ0v) is 12.2. The predicted molar refractivity (Wildman–Crippen MR) is 83.4 cm³/mol. The number of benzene rings is 2. The Kier molecular flexibility index (Phi) is 2.63. The lowest BCUT2D eigenvalue weighted by Crippen LogP contribution is -2.01. The molecular formula is C17H13N3O2. The maximum atomic E-state index is 12.0. The molecule has 0 saturated heterocycles. The van der Waals surface area contributed by atoms with Gasteiger partial charge >= 0.3 is 0 Å². The largest absolute Gasteiger partial charge is 0.451 e. The summed E-state index contributed by atoms with van der Waals surface area (Å²) in [5, 5.41) is 11.0. The first-order chi connectivity index (χ1) is 10.7. The van der Waals surface area contributed by atoms with E-state index in [0.29, 0.717) is 22.9 Å². The van der Waals surface area contributed by atoms with E-state index in [1.165, 1.54) is 6.92 Å². The van der Waals surface area contributed by atoms with Crippen LogP contribution in [0.1, 0.15) is 23.3 Å². The van der Waals surface area contributed by atoms with Crippen molar-refractivity contribution in [2.45, 2.75) is 13.8 Å². The Morgan fingerprint density at radius 1 is 1.18 bits per heavy atom. The quantitative estimate of drug-likeness (QED) is 0.529. The first kappa shape index (κ1) is 12.8. The van der Waals surface area contributed by atoms with Gasteiger partial charge in [-0.15, -0.1) is 10.2 Å². The van der Waals surface area contributed by atoms with Gasteiger partial charge < -0.3 is 4.42 Å². The summed E-state index contributed by atoms with van der Waals surface area (Å²) < 4.78 is 7.62. The number of aromatic nitrogens is 3. The van der Waals surface area contributed by atoms with Crippen molar-refractivity contribution in [2.24, 2.45) is 0 Å². The maximum Gasteiger partial charge on any atom is 0.197 e. The highest BCUT2D eigenvalue weighted by Crippen LogP contribution is 2.35. The second kappa shape index (κ2) is 4.53. The highest BCUT2D eigenvalue weighted by molar-refractivity contribution is 6.14. The van der Waals surface area contributed by atoms with Crippen molar-refractivity contribution in [3.63, 3.8) is 0 Å². The third kappa shape index (κ3) is 1.69. The van der Waals surface area contributed by atoms with Crippen molar-refractivity contribution in [3.8, 4) is 5.69 Å². The number of carbonyl (C=O) groups excluding carboxylic acids is 1. The fourth-order valence-corrected chi connectivity index (χ4v) is 2.83. The molecule has 0 spiro atoms. The molecular weight excluding hydrogens is 278 g/mol. The van der Waals surface area contributed by atoms with Crippen molar-refractivity contribution in [1.82, 2.24) is 14.8 Å². The van der Waals surface area contributed by atoms with E-state index >= 15 is 0 Å². The van der Waals surface area contributed by atoms with Gasteiger partial charge in [-0.3, -0.25) is 9.36 Å². The standard InChI is InChI=1S/C17H13N3O2/c1-10(21)17-16(20-9-18-19-11(20)2)15-13-6-4-3-5-12(13)7-8-14(15)22-17/h3-9H,1-2H3. The average Bonchev–Trinajstić information content (AvgIpc) is 3.10. The molecule has 2 heterocycles. The van der Waals surface area contributed by atoms with Crippen LogP contribution in [0.4, 0.5) is 0 Å². The van der Waals surface area contributed by atoms with Crippen molar-refractivity contribution < 1.29 is 9.21 Å². The van der Waals surface area contributed by atoms with E-state index in [1.807, 2.05) is 43.3 Å². The minimum atomic E-state index is -0.122. The van der Waals surface area contributed by atoms with E-state index in [1.54, 1.807) is 10.9 Å². The van der Waals surface area contributed by atoms with Crippen molar-refractivity contribution in [1.29, 1.82) is 0 Å². The van der Waals surface area contributed by atoms with Gasteiger partial charge in [-0.2, -0.15) is 0 Å². The topological polar surface area (TPSA) is 60.9 Å². The van der Waals surface area contributed by atoms with E-state index in [9.17, 15) is 4.79 Å². The summed E-state index contributed by atoms with van der Waals surface area (Å²) in [6, 6.07) is 11.9. The molecule has 0 atom stereocenters. The summed E-state index contributed by atoms with van der Waals surface area (Å²) in [6.45, 7) is 3.35. The molecule has 22 heavy (non-hydrogen) atoms. The van der Waals surface area contributed by atoms with Crippen LogP contribution in [-0.4, -0.2) is 20.5 Å². The third-order valence-corrected chi connectivity index (χ3v) is 3.83. The van der Waals surface area contributed by atoms with Gasteiger partial charge in [0.05, 0.1) is 5.39 Å². The smallest absolute Gasteiger partial charge is 0.197 e. The van der Waals surface area contributed by atoms with Crippen LogP contribution >= 0.6 is 0 Å². The van der Waals surface area contributed by atoms with Gasteiger partial charge in [-0.1, -0.05) is 30.3 Å². The van der Waals surface area contributed by atoms with Gasteiger partial charge in [0.25, 0.3) is 0 Å². The maximum absolute atomic E-state index is 12.0. The molecule has 0 radical (unpaired) electrons. The summed E-state index contributed by atoms with van der Waals surface area (Å²) in [6.07, 6.45) is 1.60. The molecule has 2 aromatic carbocycles. The van der Waals surface area contributed by atoms with Crippen molar-refractivity contribution in [2.75, 3.05) is 0 Å². The molecule has 5 heteroatoms. The lowest BCUT2D eigenvalue weighted by atomic mass is 10.0. The molecule has 0 amide bonds. The van der Waals surface area contributed by atoms with Gasteiger partial charge in [0.1, 0.15) is 23.4 Å². The molecule has 0 bridgehead atoms. The highest BCUT2D eigenvalue weighted by atomic mass is 16.3. The Balaban J connectivity index is 2.24. The summed E-state index contributed by atoms with van der Waals surface area (Å²) in [5.41, 5.74) is 1.40. The molecule has 4 rings (SSSR count). The summed E-state index contributed by atoms with van der Waals surface area (Å²) >= 11 is 0. The van der Waals surface area contributed by atoms with Crippen LogP contribution < -0.4 is 0 Å². The third-order valence-electron chi connectivity index (χ3n) is 3.83. The second-order valence-corrected chi connectivity index (χ2v) is 5.24. The zero-order chi connectivity index (χ0) is 15.3. The molecule has 0 N–H and O–H groups in total. The van der Waals surface area contributed by atoms with Crippen molar-refractivity contribution in [3.05, 3.63) is 54.3 Å². The number of hydrogen-bond acceptors (Lipinski definition) is 4. The molecule has 5 nitrogen and oxygen atoms in total. The van der Waals surface area contributed by atoms with Crippen LogP contribution in [0.15, 0.2) is 47.1 Å². The van der Waals surface area contributed by atoms with E-state index in [0.717, 1.165) is 16.2 Å². The molecule has 0 aliphatic heterocycles.